The molecule has 1 unspecified atom stereocenters. The van der Waals surface area contributed by atoms with Gasteiger partial charge in [0.1, 0.15) is 17.3 Å². The lowest BCUT2D eigenvalue weighted by molar-refractivity contribution is -0.147. The van der Waals surface area contributed by atoms with Crippen LogP contribution in [0.4, 0.5) is 4.79 Å². The van der Waals surface area contributed by atoms with Crippen LogP contribution in [-0.4, -0.2) is 32.6 Å². The maximum atomic E-state index is 12.5. The Balaban J connectivity index is 1.64. The van der Waals surface area contributed by atoms with Gasteiger partial charge >= 0.3 is 22.2 Å². The number of rotatable bonds is 11. The summed E-state index contributed by atoms with van der Waals surface area (Å²) in [4.78, 5) is 24.8. The predicted molar refractivity (Wildman–Crippen MR) is 139 cm³/mol. The van der Waals surface area contributed by atoms with Gasteiger partial charge in [-0.3, -0.25) is 4.79 Å². The van der Waals surface area contributed by atoms with Gasteiger partial charge in [0.25, 0.3) is 0 Å². The summed E-state index contributed by atoms with van der Waals surface area (Å²) in [6, 6.07) is 21.4. The molecule has 1 atom stereocenters. The molecule has 1 amide bonds. The molecule has 37 heavy (non-hydrogen) atoms. The molecule has 0 aliphatic carbocycles. The third-order valence-electron chi connectivity index (χ3n) is 5.24. The maximum absolute atomic E-state index is 12.5. The lowest BCUT2D eigenvalue weighted by Crippen LogP contribution is -2.39. The van der Waals surface area contributed by atoms with Crippen LogP contribution >= 0.6 is 0 Å². The number of alkyl carbamates (subject to hydrolysis) is 1. The molecular weight excluding hydrogens is 494 g/mol. The Morgan fingerprint density at radius 2 is 1.51 bits per heavy atom. The zero-order valence-corrected chi connectivity index (χ0v) is 21.9. The zero-order valence-electron chi connectivity index (χ0n) is 21.0. The van der Waals surface area contributed by atoms with E-state index in [9.17, 15) is 18.0 Å². The monoisotopic (exact) mass is 525 g/mol. The molecule has 0 radical (unpaired) electrons. The Kier molecular flexibility index (Phi) is 9.68. The molecule has 1 N–H and O–H groups in total. The first-order valence-corrected chi connectivity index (χ1v) is 13.3. The van der Waals surface area contributed by atoms with Crippen LogP contribution in [0.1, 0.15) is 37.0 Å². The zero-order chi connectivity index (χ0) is 26.8. The number of hydrogen-bond acceptors (Lipinski definition) is 7. The van der Waals surface area contributed by atoms with Crippen LogP contribution in [0.2, 0.25) is 0 Å². The molecule has 0 heterocycles. The van der Waals surface area contributed by atoms with Gasteiger partial charge in [0.2, 0.25) is 0 Å². The third-order valence-corrected chi connectivity index (χ3v) is 6.50. The van der Waals surface area contributed by atoms with Gasteiger partial charge in [-0.05, 0) is 62.6 Å². The highest BCUT2D eigenvalue weighted by molar-refractivity contribution is 7.87. The van der Waals surface area contributed by atoms with Gasteiger partial charge in [-0.25, -0.2) is 4.79 Å². The summed E-state index contributed by atoms with van der Waals surface area (Å²) in [7, 11) is -3.97. The van der Waals surface area contributed by atoms with E-state index in [1.165, 1.54) is 24.3 Å². The van der Waals surface area contributed by atoms with Crippen LogP contribution in [0, 0.1) is 6.92 Å². The second-order valence-electron chi connectivity index (χ2n) is 8.84. The van der Waals surface area contributed by atoms with Gasteiger partial charge in [-0.1, -0.05) is 60.2 Å². The van der Waals surface area contributed by atoms with Crippen LogP contribution in [0.25, 0.3) is 0 Å². The maximum Gasteiger partial charge on any atom is 0.407 e. The summed E-state index contributed by atoms with van der Waals surface area (Å²) in [6.07, 6.45) is -0.711. The van der Waals surface area contributed by atoms with Crippen LogP contribution < -0.4 is 9.50 Å². The highest BCUT2D eigenvalue weighted by Gasteiger charge is 2.21. The van der Waals surface area contributed by atoms with Gasteiger partial charge < -0.3 is 19.0 Å². The number of amides is 1. The SMILES string of the molecule is Cc1ccc(S(=O)(=O)Oc2ccc(CC(CC(=O)OC(C)C)NC(=O)OCc3ccccc3)cc2)cc1. The molecule has 3 aromatic carbocycles. The largest absolute Gasteiger partial charge is 0.463 e. The van der Waals surface area contributed by atoms with Crippen LogP contribution in [-0.2, 0) is 37.4 Å². The molecule has 0 saturated heterocycles. The molecule has 0 aromatic heterocycles. The first-order valence-electron chi connectivity index (χ1n) is 11.9. The third kappa shape index (κ3) is 9.27. The number of esters is 1. The summed E-state index contributed by atoms with van der Waals surface area (Å²) in [5, 5.41) is 2.73. The Bertz CT molecular complexity index is 1270. The Hall–Kier alpha value is -3.85. The fourth-order valence-electron chi connectivity index (χ4n) is 3.46. The lowest BCUT2D eigenvalue weighted by Gasteiger charge is -2.19. The quantitative estimate of drug-likeness (QED) is 0.279. The van der Waals surface area contributed by atoms with Crippen molar-refractivity contribution in [3.8, 4) is 5.75 Å². The minimum atomic E-state index is -3.97. The standard InChI is InChI=1S/C28H31NO7S/c1-20(2)35-27(30)18-24(29-28(31)34-19-23-7-5-4-6-8-23)17-22-11-13-25(14-12-22)36-37(32,33)26-15-9-21(3)10-16-26/h4-16,20,24H,17-19H2,1-3H3,(H,29,31). The van der Waals surface area contributed by atoms with Crippen molar-refractivity contribution in [3.05, 3.63) is 95.6 Å². The first kappa shape index (κ1) is 27.7. The molecule has 0 aliphatic rings. The molecule has 0 saturated carbocycles. The lowest BCUT2D eigenvalue weighted by atomic mass is 10.0. The van der Waals surface area contributed by atoms with E-state index in [-0.39, 0.29) is 29.8 Å². The average molecular weight is 526 g/mol. The molecule has 9 heteroatoms. The fraction of sp³-hybridized carbons (Fsp3) is 0.286. The Labute approximate surface area is 217 Å². The van der Waals surface area contributed by atoms with Crippen molar-refractivity contribution in [2.45, 2.75) is 57.3 Å². The first-order chi connectivity index (χ1) is 17.6. The van der Waals surface area contributed by atoms with Crippen molar-refractivity contribution in [1.29, 1.82) is 0 Å². The van der Waals surface area contributed by atoms with E-state index in [1.54, 1.807) is 38.1 Å². The second-order valence-corrected chi connectivity index (χ2v) is 10.4. The van der Waals surface area contributed by atoms with Gasteiger partial charge in [0.15, 0.2) is 0 Å². The topological polar surface area (TPSA) is 108 Å². The number of aryl methyl sites for hydroxylation is 1. The van der Waals surface area contributed by atoms with Crippen molar-refractivity contribution in [1.82, 2.24) is 5.32 Å². The normalized spacial score (nSPS) is 12.0. The number of ether oxygens (including phenoxy) is 2. The van der Waals surface area contributed by atoms with E-state index in [1.807, 2.05) is 37.3 Å². The second kappa shape index (κ2) is 12.9. The van der Waals surface area contributed by atoms with Crippen molar-refractivity contribution >= 4 is 22.2 Å². The van der Waals surface area contributed by atoms with Crippen molar-refractivity contribution < 1.29 is 31.7 Å². The van der Waals surface area contributed by atoms with Crippen LogP contribution in [0.15, 0.2) is 83.8 Å². The van der Waals surface area contributed by atoms with Gasteiger partial charge in [0, 0.05) is 6.04 Å². The van der Waals surface area contributed by atoms with Gasteiger partial charge in [-0.15, -0.1) is 0 Å². The summed E-state index contributed by atoms with van der Waals surface area (Å²) in [5.74, 6) is -0.303. The fourth-order valence-corrected chi connectivity index (χ4v) is 4.39. The molecule has 0 aliphatic heterocycles. The number of carbonyl (C=O) groups excluding carboxylic acids is 2. The Morgan fingerprint density at radius 3 is 2.14 bits per heavy atom. The molecular formula is C28H31NO7S. The van der Waals surface area contributed by atoms with Crippen LogP contribution in [0.3, 0.4) is 0 Å². The van der Waals surface area contributed by atoms with Crippen molar-refractivity contribution in [2.75, 3.05) is 0 Å². The minimum Gasteiger partial charge on any atom is -0.463 e. The molecule has 0 spiro atoms. The van der Waals surface area contributed by atoms with Crippen molar-refractivity contribution in [2.24, 2.45) is 0 Å². The molecule has 3 aromatic rings. The van der Waals surface area contributed by atoms with E-state index in [4.69, 9.17) is 13.7 Å². The predicted octanol–water partition coefficient (Wildman–Crippen LogP) is 4.94. The molecule has 8 nitrogen and oxygen atoms in total. The summed E-state index contributed by atoms with van der Waals surface area (Å²) < 4.78 is 40.8. The van der Waals surface area contributed by atoms with E-state index < -0.39 is 28.2 Å². The molecule has 0 fully saturated rings. The highest BCUT2D eigenvalue weighted by atomic mass is 32.2. The number of hydrogen-bond donors (Lipinski definition) is 1. The van der Waals surface area contributed by atoms with Crippen molar-refractivity contribution in [3.63, 3.8) is 0 Å². The molecule has 3 rings (SSSR count). The number of nitrogens with one attached hydrogen (secondary N) is 1. The van der Waals surface area contributed by atoms with E-state index >= 15 is 0 Å². The summed E-state index contributed by atoms with van der Waals surface area (Å²) in [6.45, 7) is 5.45. The van der Waals surface area contributed by atoms with Crippen LogP contribution in [0.5, 0.6) is 5.75 Å². The number of benzene rings is 3. The van der Waals surface area contributed by atoms with Gasteiger partial charge in [0.05, 0.1) is 12.5 Å². The Morgan fingerprint density at radius 1 is 0.865 bits per heavy atom. The molecule has 196 valence electrons. The van der Waals surface area contributed by atoms with E-state index in [0.717, 1.165) is 16.7 Å². The van der Waals surface area contributed by atoms with E-state index in [2.05, 4.69) is 5.32 Å². The summed E-state index contributed by atoms with van der Waals surface area (Å²) >= 11 is 0. The van der Waals surface area contributed by atoms with E-state index in [0.29, 0.717) is 6.42 Å². The average Bonchev–Trinajstić information content (AvgIpc) is 2.84. The highest BCUT2D eigenvalue weighted by Crippen LogP contribution is 2.20. The molecule has 0 bridgehead atoms. The number of carbonyl (C=O) groups is 2. The summed E-state index contributed by atoms with van der Waals surface area (Å²) in [5.41, 5.74) is 2.53. The minimum absolute atomic E-state index is 0.0569. The van der Waals surface area contributed by atoms with Gasteiger partial charge in [-0.2, -0.15) is 8.42 Å². The smallest absolute Gasteiger partial charge is 0.407 e.